The van der Waals surface area contributed by atoms with Crippen LogP contribution in [-0.2, 0) is 11.2 Å². The lowest BCUT2D eigenvalue weighted by atomic mass is 9.93. The van der Waals surface area contributed by atoms with Crippen LogP contribution in [0.3, 0.4) is 0 Å². The summed E-state index contributed by atoms with van der Waals surface area (Å²) in [6.07, 6.45) is 4.45. The number of carbonyl (C=O) groups excluding carboxylic acids is 2. The quantitative estimate of drug-likeness (QED) is 0.912. The zero-order valence-corrected chi connectivity index (χ0v) is 14.1. The molecule has 0 aromatic carbocycles. The summed E-state index contributed by atoms with van der Waals surface area (Å²) in [6, 6.07) is 0.203. The maximum atomic E-state index is 12.9. The van der Waals surface area contributed by atoms with Gasteiger partial charge in [0.15, 0.2) is 5.78 Å². The number of ketones is 1. The minimum absolute atomic E-state index is 0.0250. The number of ether oxygens (including phenoxy) is 1. The molecular formula is C18H24N2O4. The number of nitrogens with zero attached hydrogens (tertiary/aromatic N) is 1. The molecule has 24 heavy (non-hydrogen) atoms. The van der Waals surface area contributed by atoms with E-state index in [1.165, 1.54) is 12.8 Å². The molecule has 1 aliphatic carbocycles. The van der Waals surface area contributed by atoms with Crippen molar-refractivity contribution in [3.8, 4) is 0 Å². The van der Waals surface area contributed by atoms with Gasteiger partial charge in [0.25, 0.3) is 5.91 Å². The van der Waals surface area contributed by atoms with E-state index in [0.717, 1.165) is 25.9 Å². The summed E-state index contributed by atoms with van der Waals surface area (Å²) >= 11 is 0. The highest BCUT2D eigenvalue weighted by Crippen LogP contribution is 2.30. The Morgan fingerprint density at radius 2 is 1.96 bits per heavy atom. The first-order valence-electron chi connectivity index (χ1n) is 8.93. The molecule has 0 spiro atoms. The van der Waals surface area contributed by atoms with Gasteiger partial charge in [-0.05, 0) is 39.3 Å². The average molecular weight is 332 g/mol. The SMILES string of the molecule is Cc1oc2c(c1C(=O)N[C@H]1COC[C@@H]1N1CCCC1)C(=O)CCC2. The van der Waals surface area contributed by atoms with Gasteiger partial charge in [-0.25, -0.2) is 0 Å². The van der Waals surface area contributed by atoms with E-state index in [4.69, 9.17) is 9.15 Å². The van der Waals surface area contributed by atoms with Gasteiger partial charge in [0.2, 0.25) is 0 Å². The molecule has 6 nitrogen and oxygen atoms in total. The molecule has 1 N–H and O–H groups in total. The van der Waals surface area contributed by atoms with Gasteiger partial charge in [0, 0.05) is 12.8 Å². The predicted octanol–water partition coefficient (Wildman–Crippen LogP) is 1.70. The van der Waals surface area contributed by atoms with Gasteiger partial charge in [-0.15, -0.1) is 0 Å². The molecule has 1 aromatic heterocycles. The van der Waals surface area contributed by atoms with E-state index < -0.39 is 0 Å². The molecule has 2 aliphatic heterocycles. The van der Waals surface area contributed by atoms with Crippen molar-refractivity contribution < 1.29 is 18.7 Å². The van der Waals surface area contributed by atoms with Crippen molar-refractivity contribution in [2.24, 2.45) is 0 Å². The molecule has 130 valence electrons. The fourth-order valence-electron chi connectivity index (χ4n) is 4.24. The van der Waals surface area contributed by atoms with Crippen LogP contribution in [0.15, 0.2) is 4.42 Å². The molecule has 2 saturated heterocycles. The van der Waals surface area contributed by atoms with Crippen molar-refractivity contribution in [1.82, 2.24) is 10.2 Å². The van der Waals surface area contributed by atoms with Crippen molar-refractivity contribution in [2.45, 2.75) is 51.1 Å². The smallest absolute Gasteiger partial charge is 0.255 e. The highest BCUT2D eigenvalue weighted by atomic mass is 16.5. The summed E-state index contributed by atoms with van der Waals surface area (Å²) in [5.74, 6) is 1.04. The molecule has 4 rings (SSSR count). The Morgan fingerprint density at radius 3 is 2.75 bits per heavy atom. The van der Waals surface area contributed by atoms with Crippen LogP contribution in [0.5, 0.6) is 0 Å². The van der Waals surface area contributed by atoms with E-state index in [1.807, 2.05) is 0 Å². The first kappa shape index (κ1) is 15.8. The number of hydrogen-bond acceptors (Lipinski definition) is 5. The maximum absolute atomic E-state index is 12.9. The third-order valence-electron chi connectivity index (χ3n) is 5.45. The van der Waals surface area contributed by atoms with Crippen LogP contribution in [0, 0.1) is 6.92 Å². The fourth-order valence-corrected chi connectivity index (χ4v) is 4.24. The molecule has 0 radical (unpaired) electrons. The summed E-state index contributed by atoms with van der Waals surface area (Å²) < 4.78 is 11.3. The monoisotopic (exact) mass is 332 g/mol. The lowest BCUT2D eigenvalue weighted by molar-refractivity contribution is 0.0900. The number of aryl methyl sites for hydroxylation is 2. The van der Waals surface area contributed by atoms with E-state index in [0.29, 0.717) is 42.3 Å². The maximum Gasteiger partial charge on any atom is 0.255 e. The van der Waals surface area contributed by atoms with Gasteiger partial charge >= 0.3 is 0 Å². The highest BCUT2D eigenvalue weighted by Gasteiger charge is 2.37. The number of rotatable bonds is 3. The minimum Gasteiger partial charge on any atom is -0.465 e. The molecule has 2 atom stereocenters. The highest BCUT2D eigenvalue weighted by molar-refractivity contribution is 6.10. The third-order valence-corrected chi connectivity index (χ3v) is 5.45. The zero-order valence-electron chi connectivity index (χ0n) is 14.1. The Bertz CT molecular complexity index is 660. The van der Waals surface area contributed by atoms with Crippen LogP contribution in [0.1, 0.15) is 57.9 Å². The Labute approximate surface area is 141 Å². The summed E-state index contributed by atoms with van der Waals surface area (Å²) in [6.45, 7) is 5.09. The summed E-state index contributed by atoms with van der Waals surface area (Å²) in [5, 5.41) is 3.10. The number of nitrogens with one attached hydrogen (secondary N) is 1. The van der Waals surface area contributed by atoms with Crippen LogP contribution in [0.25, 0.3) is 0 Å². The Morgan fingerprint density at radius 1 is 1.17 bits per heavy atom. The van der Waals surface area contributed by atoms with Gasteiger partial charge in [-0.3, -0.25) is 14.5 Å². The first-order valence-corrected chi connectivity index (χ1v) is 8.93. The van der Waals surface area contributed by atoms with Gasteiger partial charge < -0.3 is 14.5 Å². The van der Waals surface area contributed by atoms with Crippen molar-refractivity contribution in [3.05, 3.63) is 22.6 Å². The lowest BCUT2D eigenvalue weighted by Crippen LogP contribution is -2.50. The summed E-state index contributed by atoms with van der Waals surface area (Å²) in [7, 11) is 0. The predicted molar refractivity (Wildman–Crippen MR) is 87.4 cm³/mol. The molecule has 1 aromatic rings. The van der Waals surface area contributed by atoms with Crippen LogP contribution >= 0.6 is 0 Å². The molecule has 0 bridgehead atoms. The van der Waals surface area contributed by atoms with Crippen LogP contribution < -0.4 is 5.32 Å². The second kappa shape index (κ2) is 6.33. The molecule has 0 unspecified atom stereocenters. The van der Waals surface area contributed by atoms with E-state index in [2.05, 4.69) is 10.2 Å². The number of hydrogen-bond donors (Lipinski definition) is 1. The Hall–Kier alpha value is -1.66. The van der Waals surface area contributed by atoms with Crippen molar-refractivity contribution in [1.29, 1.82) is 0 Å². The number of amides is 1. The van der Waals surface area contributed by atoms with Crippen LogP contribution in [0.2, 0.25) is 0 Å². The van der Waals surface area contributed by atoms with Crippen LogP contribution in [-0.4, -0.2) is 55.0 Å². The number of likely N-dealkylation sites (tertiary alicyclic amines) is 1. The average Bonchev–Trinajstić information content (AvgIpc) is 3.25. The second-order valence-electron chi connectivity index (χ2n) is 7.04. The number of carbonyl (C=O) groups is 2. The number of furan rings is 1. The molecule has 2 fully saturated rings. The van der Waals surface area contributed by atoms with E-state index >= 15 is 0 Å². The van der Waals surface area contributed by atoms with Gasteiger partial charge in [0.1, 0.15) is 11.5 Å². The summed E-state index contributed by atoms with van der Waals surface area (Å²) in [5.41, 5.74) is 0.939. The molecular weight excluding hydrogens is 308 g/mol. The largest absolute Gasteiger partial charge is 0.465 e. The number of Topliss-reactive ketones (excluding diaryl/α,β-unsaturated/α-hetero) is 1. The van der Waals surface area contributed by atoms with Crippen molar-refractivity contribution >= 4 is 11.7 Å². The van der Waals surface area contributed by atoms with Gasteiger partial charge in [-0.2, -0.15) is 0 Å². The normalized spacial score (nSPS) is 27.5. The number of fused-ring (bicyclic) bond motifs is 1. The zero-order chi connectivity index (χ0) is 16.7. The second-order valence-corrected chi connectivity index (χ2v) is 7.04. The fraction of sp³-hybridized carbons (Fsp3) is 0.667. The lowest BCUT2D eigenvalue weighted by Gasteiger charge is -2.28. The topological polar surface area (TPSA) is 71.8 Å². The molecule has 3 heterocycles. The van der Waals surface area contributed by atoms with Gasteiger partial charge in [-0.1, -0.05) is 0 Å². The molecule has 0 saturated carbocycles. The first-order chi connectivity index (χ1) is 11.6. The van der Waals surface area contributed by atoms with Gasteiger partial charge in [0.05, 0.1) is 36.4 Å². The molecule has 3 aliphatic rings. The van der Waals surface area contributed by atoms with E-state index in [-0.39, 0.29) is 23.8 Å². The van der Waals surface area contributed by atoms with Crippen molar-refractivity contribution in [2.75, 3.05) is 26.3 Å². The van der Waals surface area contributed by atoms with Crippen molar-refractivity contribution in [3.63, 3.8) is 0 Å². The molecule has 6 heteroatoms. The summed E-state index contributed by atoms with van der Waals surface area (Å²) in [4.78, 5) is 27.5. The Kier molecular flexibility index (Phi) is 4.18. The van der Waals surface area contributed by atoms with E-state index in [9.17, 15) is 9.59 Å². The standard InChI is InChI=1S/C18H24N2O4/c1-11-16(17-14(21)5-4-6-15(17)24-11)18(22)19-12-9-23-10-13(12)20-7-2-3-8-20/h12-13H,2-10H2,1H3,(H,19,22)/t12-,13-/m0/s1. The minimum atomic E-state index is -0.201. The van der Waals surface area contributed by atoms with Crippen LogP contribution in [0.4, 0.5) is 0 Å². The van der Waals surface area contributed by atoms with E-state index in [1.54, 1.807) is 6.92 Å². The third kappa shape index (κ3) is 2.67. The Balaban J connectivity index is 1.54. The molecule has 1 amide bonds.